The van der Waals surface area contributed by atoms with Crippen molar-refractivity contribution in [3.63, 3.8) is 0 Å². The van der Waals surface area contributed by atoms with Crippen LogP contribution in [0.25, 0.3) is 0 Å². The standard InChI is InChI=1S/C20H15F2N3O3S/c21-13-8-9-19(16(22)10-13)28-20-12-24-17-6-1-2-7-18(17)25(20)14-4-3-5-15(11-14)29(23,26)27/h1-12,20H,(H2,23,26,27). The predicted molar refractivity (Wildman–Crippen MR) is 105 cm³/mol. The predicted octanol–water partition coefficient (Wildman–Crippen LogP) is 3.87. The number of benzene rings is 3. The Balaban J connectivity index is 1.81. The van der Waals surface area contributed by atoms with Crippen molar-refractivity contribution in [1.82, 2.24) is 0 Å². The van der Waals surface area contributed by atoms with Crippen LogP contribution < -0.4 is 14.8 Å². The lowest BCUT2D eigenvalue weighted by Crippen LogP contribution is -2.39. The molecule has 29 heavy (non-hydrogen) atoms. The molecule has 0 spiro atoms. The molecule has 0 bridgehead atoms. The first-order valence-electron chi connectivity index (χ1n) is 8.50. The van der Waals surface area contributed by atoms with E-state index in [9.17, 15) is 17.2 Å². The maximum Gasteiger partial charge on any atom is 0.238 e. The lowest BCUT2D eigenvalue weighted by atomic mass is 10.1. The largest absolute Gasteiger partial charge is 0.462 e. The van der Waals surface area contributed by atoms with Crippen LogP contribution in [-0.2, 0) is 10.0 Å². The summed E-state index contributed by atoms with van der Waals surface area (Å²) in [6.45, 7) is 0. The van der Waals surface area contributed by atoms with E-state index in [0.717, 1.165) is 12.1 Å². The first-order chi connectivity index (χ1) is 13.8. The van der Waals surface area contributed by atoms with E-state index < -0.39 is 27.9 Å². The molecule has 1 atom stereocenters. The summed E-state index contributed by atoms with van der Waals surface area (Å²) in [4.78, 5) is 5.90. The second-order valence-electron chi connectivity index (χ2n) is 6.26. The first-order valence-corrected chi connectivity index (χ1v) is 10.0. The topological polar surface area (TPSA) is 85.0 Å². The van der Waals surface area contributed by atoms with Crippen molar-refractivity contribution in [3.8, 4) is 5.75 Å². The molecule has 3 aromatic rings. The maximum atomic E-state index is 14.1. The van der Waals surface area contributed by atoms with Gasteiger partial charge in [0.2, 0.25) is 16.3 Å². The van der Waals surface area contributed by atoms with Crippen LogP contribution in [0.5, 0.6) is 5.75 Å². The Kier molecular flexibility index (Phi) is 4.77. The van der Waals surface area contributed by atoms with Gasteiger partial charge in [-0.3, -0.25) is 9.89 Å². The van der Waals surface area contributed by atoms with Gasteiger partial charge in [-0.15, -0.1) is 0 Å². The Labute approximate surface area is 165 Å². The van der Waals surface area contributed by atoms with E-state index in [4.69, 9.17) is 9.88 Å². The van der Waals surface area contributed by atoms with Gasteiger partial charge >= 0.3 is 0 Å². The quantitative estimate of drug-likeness (QED) is 0.701. The normalized spacial score (nSPS) is 15.8. The molecule has 4 rings (SSSR count). The van der Waals surface area contributed by atoms with Crippen LogP contribution in [-0.4, -0.2) is 20.9 Å². The Morgan fingerprint density at radius 2 is 1.79 bits per heavy atom. The van der Waals surface area contributed by atoms with E-state index in [2.05, 4.69) is 4.99 Å². The van der Waals surface area contributed by atoms with Gasteiger partial charge in [0, 0.05) is 11.8 Å². The van der Waals surface area contributed by atoms with Crippen LogP contribution in [0.15, 0.2) is 76.6 Å². The van der Waals surface area contributed by atoms with Crippen molar-refractivity contribution < 1.29 is 21.9 Å². The van der Waals surface area contributed by atoms with Crippen molar-refractivity contribution in [3.05, 3.63) is 78.4 Å². The number of primary sulfonamides is 1. The number of anilines is 2. The van der Waals surface area contributed by atoms with Gasteiger partial charge in [-0.25, -0.2) is 22.3 Å². The number of sulfonamides is 1. The smallest absolute Gasteiger partial charge is 0.238 e. The third-order valence-electron chi connectivity index (χ3n) is 4.30. The molecule has 0 aliphatic carbocycles. The van der Waals surface area contributed by atoms with Gasteiger partial charge < -0.3 is 4.74 Å². The second-order valence-corrected chi connectivity index (χ2v) is 7.82. The minimum Gasteiger partial charge on any atom is -0.462 e. The van der Waals surface area contributed by atoms with E-state index in [1.165, 1.54) is 24.4 Å². The third-order valence-corrected chi connectivity index (χ3v) is 5.21. The lowest BCUT2D eigenvalue weighted by Gasteiger charge is -2.34. The van der Waals surface area contributed by atoms with E-state index in [-0.39, 0.29) is 10.6 Å². The summed E-state index contributed by atoms with van der Waals surface area (Å²) < 4.78 is 56.7. The van der Waals surface area contributed by atoms with Crippen LogP contribution in [0.1, 0.15) is 0 Å². The molecule has 0 radical (unpaired) electrons. The van der Waals surface area contributed by atoms with Gasteiger partial charge in [0.15, 0.2) is 11.6 Å². The average molecular weight is 415 g/mol. The molecule has 6 nitrogen and oxygen atoms in total. The molecule has 0 amide bonds. The number of rotatable bonds is 4. The van der Waals surface area contributed by atoms with Gasteiger partial charge in [-0.1, -0.05) is 18.2 Å². The summed E-state index contributed by atoms with van der Waals surface area (Å²) in [7, 11) is -3.93. The van der Waals surface area contributed by atoms with Crippen molar-refractivity contribution >= 4 is 33.3 Å². The molecule has 0 saturated heterocycles. The van der Waals surface area contributed by atoms with E-state index in [0.29, 0.717) is 17.1 Å². The van der Waals surface area contributed by atoms with Crippen molar-refractivity contribution in [1.29, 1.82) is 0 Å². The SMILES string of the molecule is NS(=O)(=O)c1cccc(N2c3ccccc3N=CC2Oc2ccc(F)cc2F)c1. The van der Waals surface area contributed by atoms with Crippen molar-refractivity contribution in [2.75, 3.05) is 4.90 Å². The Morgan fingerprint density at radius 1 is 1.00 bits per heavy atom. The third kappa shape index (κ3) is 3.82. The highest BCUT2D eigenvalue weighted by atomic mass is 32.2. The number of nitrogens with two attached hydrogens (primary N) is 1. The zero-order chi connectivity index (χ0) is 20.6. The Bertz CT molecular complexity index is 1220. The number of ether oxygens (including phenoxy) is 1. The monoisotopic (exact) mass is 415 g/mol. The molecule has 148 valence electrons. The molecule has 9 heteroatoms. The lowest BCUT2D eigenvalue weighted by molar-refractivity contribution is 0.262. The highest BCUT2D eigenvalue weighted by Gasteiger charge is 2.28. The summed E-state index contributed by atoms with van der Waals surface area (Å²) in [5.74, 6) is -1.76. The molecule has 1 aliphatic heterocycles. The van der Waals surface area contributed by atoms with Crippen molar-refractivity contribution in [2.24, 2.45) is 10.1 Å². The molecule has 1 heterocycles. The molecule has 1 aliphatic rings. The number of hydrogen-bond acceptors (Lipinski definition) is 5. The number of aliphatic imine (C=N–C) groups is 1. The van der Waals surface area contributed by atoms with Gasteiger partial charge in [-0.05, 0) is 42.5 Å². The summed E-state index contributed by atoms with van der Waals surface area (Å²) in [5.41, 5.74) is 1.68. The summed E-state index contributed by atoms with van der Waals surface area (Å²) in [6, 6.07) is 16.1. The van der Waals surface area contributed by atoms with Crippen molar-refractivity contribution in [2.45, 2.75) is 11.1 Å². The van der Waals surface area contributed by atoms with Crippen LogP contribution >= 0.6 is 0 Å². The highest BCUT2D eigenvalue weighted by molar-refractivity contribution is 7.89. The van der Waals surface area contributed by atoms with E-state index in [1.807, 2.05) is 0 Å². The summed E-state index contributed by atoms with van der Waals surface area (Å²) >= 11 is 0. The molecule has 1 unspecified atom stereocenters. The maximum absolute atomic E-state index is 14.1. The Morgan fingerprint density at radius 3 is 2.55 bits per heavy atom. The number of halogens is 2. The zero-order valence-electron chi connectivity index (χ0n) is 14.9. The minimum absolute atomic E-state index is 0.0818. The van der Waals surface area contributed by atoms with Crippen LogP contribution in [0.3, 0.4) is 0 Å². The van der Waals surface area contributed by atoms with E-state index in [1.54, 1.807) is 41.3 Å². The number of fused-ring (bicyclic) bond motifs is 1. The summed E-state index contributed by atoms with van der Waals surface area (Å²) in [5, 5.41) is 5.25. The molecule has 0 aromatic heterocycles. The second kappa shape index (κ2) is 7.26. The van der Waals surface area contributed by atoms with Crippen LogP contribution in [0.4, 0.5) is 25.8 Å². The molecular weight excluding hydrogens is 400 g/mol. The molecule has 2 N–H and O–H groups in total. The fourth-order valence-electron chi connectivity index (χ4n) is 3.01. The Hall–Kier alpha value is -3.30. The first kappa shape index (κ1) is 19.0. The fraction of sp³-hybridized carbons (Fsp3) is 0.0500. The minimum atomic E-state index is -3.93. The number of nitrogens with zero attached hydrogens (tertiary/aromatic N) is 2. The van der Waals surface area contributed by atoms with Gasteiger partial charge in [0.25, 0.3) is 0 Å². The number of para-hydroxylation sites is 2. The molecule has 3 aromatic carbocycles. The molecule has 0 fully saturated rings. The van der Waals surface area contributed by atoms with Crippen LogP contribution in [0.2, 0.25) is 0 Å². The number of hydrogen-bond donors (Lipinski definition) is 1. The van der Waals surface area contributed by atoms with Gasteiger partial charge in [0.05, 0.1) is 22.5 Å². The summed E-state index contributed by atoms with van der Waals surface area (Å²) in [6.07, 6.45) is 0.537. The highest BCUT2D eigenvalue weighted by Crippen LogP contribution is 2.39. The zero-order valence-corrected chi connectivity index (χ0v) is 15.7. The van der Waals surface area contributed by atoms with Gasteiger partial charge in [-0.2, -0.15) is 0 Å². The molecular formula is C20H15F2N3O3S. The molecule has 0 saturated carbocycles. The fourth-order valence-corrected chi connectivity index (χ4v) is 3.56. The average Bonchev–Trinajstić information content (AvgIpc) is 2.69. The van der Waals surface area contributed by atoms with Crippen LogP contribution in [0, 0.1) is 11.6 Å². The van der Waals surface area contributed by atoms with Gasteiger partial charge in [0.1, 0.15) is 5.82 Å². The van der Waals surface area contributed by atoms with E-state index >= 15 is 0 Å².